The van der Waals surface area contributed by atoms with Gasteiger partial charge < -0.3 is 30.3 Å². The van der Waals surface area contributed by atoms with Gasteiger partial charge in [-0.25, -0.2) is 19.6 Å². The van der Waals surface area contributed by atoms with E-state index < -0.39 is 17.7 Å². The van der Waals surface area contributed by atoms with Crippen LogP contribution in [0.25, 0.3) is 11.1 Å². The zero-order valence-corrected chi connectivity index (χ0v) is 24.9. The van der Waals surface area contributed by atoms with Crippen molar-refractivity contribution in [2.24, 2.45) is 0 Å². The lowest BCUT2D eigenvalue weighted by Gasteiger charge is -2.24. The van der Waals surface area contributed by atoms with Gasteiger partial charge in [0.25, 0.3) is 0 Å². The summed E-state index contributed by atoms with van der Waals surface area (Å²) in [4.78, 5) is 48.1. The number of likely N-dealkylation sites (N-methyl/N-ethyl adjacent to an activating group) is 1. The van der Waals surface area contributed by atoms with Crippen LogP contribution >= 0.6 is 0 Å². The van der Waals surface area contributed by atoms with E-state index in [1.54, 1.807) is 57.2 Å². The van der Waals surface area contributed by atoms with E-state index in [9.17, 15) is 14.4 Å². The number of hydrogen-bond donors (Lipinski definition) is 3. The Morgan fingerprint density at radius 3 is 2.29 bits per heavy atom. The van der Waals surface area contributed by atoms with E-state index in [1.165, 1.54) is 0 Å². The molecule has 224 valence electrons. The van der Waals surface area contributed by atoms with Gasteiger partial charge in [-0.1, -0.05) is 25.1 Å². The van der Waals surface area contributed by atoms with Crippen molar-refractivity contribution in [3.05, 3.63) is 72.1 Å². The van der Waals surface area contributed by atoms with Crippen molar-refractivity contribution in [2.75, 3.05) is 43.4 Å². The first-order valence-electron chi connectivity index (χ1n) is 13.9. The maximum absolute atomic E-state index is 12.5. The number of carboxylic acids is 1. The number of alkyl carbamates (subject to hydrolysis) is 1. The molecule has 0 saturated heterocycles. The number of rotatable bonds is 13. The zero-order valence-electron chi connectivity index (χ0n) is 24.9. The number of aromatic carboxylic acids is 1. The Balaban J connectivity index is 1.53. The van der Waals surface area contributed by atoms with E-state index in [0.29, 0.717) is 25.6 Å². The Morgan fingerprint density at radius 1 is 0.976 bits per heavy atom. The highest BCUT2D eigenvalue weighted by Gasteiger charge is 2.18. The van der Waals surface area contributed by atoms with Crippen LogP contribution in [0.2, 0.25) is 0 Å². The minimum Gasteiger partial charge on any atom is -0.478 e. The Kier molecular flexibility index (Phi) is 11.2. The van der Waals surface area contributed by atoms with Gasteiger partial charge in [-0.05, 0) is 68.7 Å². The number of nitrogens with zero attached hydrogens (tertiary/aromatic N) is 4. The highest BCUT2D eigenvalue weighted by atomic mass is 16.6. The van der Waals surface area contributed by atoms with Crippen LogP contribution in [0.1, 0.15) is 50.0 Å². The molecule has 11 heteroatoms. The fourth-order valence-electron chi connectivity index (χ4n) is 4.13. The van der Waals surface area contributed by atoms with Crippen molar-refractivity contribution in [1.82, 2.24) is 20.2 Å². The van der Waals surface area contributed by atoms with Crippen LogP contribution in [0.4, 0.5) is 16.4 Å². The third-order valence-electron chi connectivity index (χ3n) is 6.18. The lowest BCUT2D eigenvalue weighted by Crippen LogP contribution is -2.40. The number of nitrogens with one attached hydrogen (secondary N) is 2. The van der Waals surface area contributed by atoms with E-state index >= 15 is 0 Å². The second-order valence-corrected chi connectivity index (χ2v) is 10.9. The number of benzene rings is 2. The number of anilines is 2. The predicted octanol–water partition coefficient (Wildman–Crippen LogP) is 4.65. The topological polar surface area (TPSA) is 137 Å². The first-order valence-corrected chi connectivity index (χ1v) is 13.9. The molecule has 0 unspecified atom stereocenters. The molecule has 0 aliphatic rings. The van der Waals surface area contributed by atoms with Gasteiger partial charge >= 0.3 is 12.1 Å². The van der Waals surface area contributed by atoms with Crippen LogP contribution in [-0.2, 0) is 16.1 Å². The minimum absolute atomic E-state index is 0.152. The second kappa shape index (κ2) is 14.8. The lowest BCUT2D eigenvalue weighted by molar-refractivity contribution is -0.129. The number of carboxylic acid groups (broad SMARTS) is 1. The molecule has 0 aliphatic carbocycles. The molecule has 1 aromatic heterocycles. The van der Waals surface area contributed by atoms with E-state index in [-0.39, 0.29) is 18.0 Å². The molecule has 0 saturated carbocycles. The molecular weight excluding hydrogens is 536 g/mol. The summed E-state index contributed by atoms with van der Waals surface area (Å²) in [5.41, 5.74) is 3.29. The molecule has 11 nitrogen and oxygen atoms in total. The molecule has 0 atom stereocenters. The monoisotopic (exact) mass is 576 g/mol. The van der Waals surface area contributed by atoms with Crippen LogP contribution < -0.4 is 15.5 Å². The van der Waals surface area contributed by atoms with Crippen molar-refractivity contribution in [2.45, 2.75) is 46.3 Å². The summed E-state index contributed by atoms with van der Waals surface area (Å²) in [5.74, 6) is -0.667. The number of hydrogen-bond acceptors (Lipinski definition) is 8. The van der Waals surface area contributed by atoms with Crippen LogP contribution in [-0.4, -0.2) is 76.8 Å². The molecule has 0 radical (unpaired) electrons. The first kappa shape index (κ1) is 31.9. The number of carbonyl (C=O) groups is 3. The van der Waals surface area contributed by atoms with Gasteiger partial charge in [-0.3, -0.25) is 4.79 Å². The summed E-state index contributed by atoms with van der Waals surface area (Å²) in [6.07, 6.45) is 3.83. The van der Waals surface area contributed by atoms with Crippen LogP contribution in [0.5, 0.6) is 0 Å². The quantitative estimate of drug-likeness (QED) is 0.265. The lowest BCUT2D eigenvalue weighted by atomic mass is 10.1. The highest BCUT2D eigenvalue weighted by molar-refractivity contribution is 5.88. The van der Waals surface area contributed by atoms with Gasteiger partial charge in [0.1, 0.15) is 12.1 Å². The van der Waals surface area contributed by atoms with Gasteiger partial charge in [0.2, 0.25) is 11.9 Å². The largest absolute Gasteiger partial charge is 0.478 e. The summed E-state index contributed by atoms with van der Waals surface area (Å²) >= 11 is 0. The first-order chi connectivity index (χ1) is 19.9. The maximum atomic E-state index is 12.5. The van der Waals surface area contributed by atoms with Crippen molar-refractivity contribution in [3.63, 3.8) is 0 Å². The van der Waals surface area contributed by atoms with Gasteiger partial charge in [-0.15, -0.1) is 0 Å². The number of carbonyl (C=O) groups excluding carboxylic acids is 2. The molecule has 0 aliphatic heterocycles. The Morgan fingerprint density at radius 2 is 1.67 bits per heavy atom. The number of aromatic nitrogens is 2. The zero-order chi connectivity index (χ0) is 30.7. The number of ether oxygens (including phenoxy) is 1. The molecule has 0 spiro atoms. The van der Waals surface area contributed by atoms with E-state index in [4.69, 9.17) is 9.84 Å². The summed E-state index contributed by atoms with van der Waals surface area (Å²) in [6.45, 7) is 9.76. The SMILES string of the molecule is CCCN(CCNc1ncc(-c2cccc(CN(C)C(=O)CNC(=O)OC(C)(C)C)c2)cn1)c1ccc(C(=O)O)cc1. The van der Waals surface area contributed by atoms with Gasteiger partial charge in [0, 0.05) is 56.9 Å². The standard InChI is InChI=1S/C31H40N6O5/c1-6-15-37(26-12-10-23(11-13-26)28(39)40)16-14-32-29-33-18-25(19-34-29)24-9-7-8-22(17-24)21-36(5)27(38)20-35-30(41)42-31(2,3)4/h7-13,17-19H,6,14-16,20-21H2,1-5H3,(H,35,41)(H,39,40)(H,32,33,34). The molecule has 3 N–H and O–H groups in total. The summed E-state index contributed by atoms with van der Waals surface area (Å²) < 4.78 is 5.17. The molecule has 0 bridgehead atoms. The van der Waals surface area contributed by atoms with Crippen LogP contribution in [0, 0.1) is 0 Å². The van der Waals surface area contributed by atoms with Crippen molar-refractivity contribution in [3.8, 4) is 11.1 Å². The van der Waals surface area contributed by atoms with Crippen molar-refractivity contribution >= 4 is 29.6 Å². The molecule has 0 fully saturated rings. The number of amides is 2. The van der Waals surface area contributed by atoms with Crippen LogP contribution in [0.15, 0.2) is 60.9 Å². The normalized spacial score (nSPS) is 11.0. The fourth-order valence-corrected chi connectivity index (χ4v) is 4.13. The minimum atomic E-state index is -0.940. The van der Waals surface area contributed by atoms with E-state index in [1.807, 2.05) is 36.4 Å². The smallest absolute Gasteiger partial charge is 0.408 e. The highest BCUT2D eigenvalue weighted by Crippen LogP contribution is 2.21. The summed E-state index contributed by atoms with van der Waals surface area (Å²) in [6, 6.07) is 14.7. The Bertz CT molecular complexity index is 1340. The molecule has 3 rings (SSSR count). The predicted molar refractivity (Wildman–Crippen MR) is 163 cm³/mol. The van der Waals surface area contributed by atoms with Crippen molar-refractivity contribution < 1.29 is 24.2 Å². The summed E-state index contributed by atoms with van der Waals surface area (Å²) in [7, 11) is 1.68. The van der Waals surface area contributed by atoms with Crippen molar-refractivity contribution in [1.29, 1.82) is 0 Å². The average molecular weight is 577 g/mol. The second-order valence-electron chi connectivity index (χ2n) is 10.9. The third-order valence-corrected chi connectivity index (χ3v) is 6.18. The molecule has 2 amide bonds. The van der Waals surface area contributed by atoms with Crippen LogP contribution in [0.3, 0.4) is 0 Å². The molecular formula is C31H40N6O5. The van der Waals surface area contributed by atoms with E-state index in [0.717, 1.165) is 35.3 Å². The third kappa shape index (κ3) is 10.1. The van der Waals surface area contributed by atoms with Gasteiger partial charge in [-0.2, -0.15) is 0 Å². The van der Waals surface area contributed by atoms with Gasteiger partial charge in [0.05, 0.1) is 5.56 Å². The Labute approximate surface area is 246 Å². The van der Waals surface area contributed by atoms with Gasteiger partial charge in [0.15, 0.2) is 0 Å². The fraction of sp³-hybridized carbons (Fsp3) is 0.387. The molecule has 42 heavy (non-hydrogen) atoms. The average Bonchev–Trinajstić information content (AvgIpc) is 2.95. The Hall–Kier alpha value is -4.67. The maximum Gasteiger partial charge on any atom is 0.408 e. The molecule has 3 aromatic rings. The molecule has 2 aromatic carbocycles. The summed E-state index contributed by atoms with van der Waals surface area (Å²) in [5, 5.41) is 14.9. The van der Waals surface area contributed by atoms with E-state index in [2.05, 4.69) is 32.4 Å². The molecule has 1 heterocycles.